The molecule has 0 aliphatic rings. The van der Waals surface area contributed by atoms with Crippen molar-refractivity contribution in [3.8, 4) is 0 Å². The van der Waals surface area contributed by atoms with Gasteiger partial charge in [0.15, 0.2) is 23.3 Å². The number of nitrogens with zero attached hydrogens (tertiary/aromatic N) is 1. The highest BCUT2D eigenvalue weighted by Gasteiger charge is 2.11. The number of rotatable bonds is 4. The average Bonchev–Trinajstić information content (AvgIpc) is 2.74. The van der Waals surface area contributed by atoms with Gasteiger partial charge >= 0.3 is 0 Å². The van der Waals surface area contributed by atoms with Crippen LogP contribution in [0.4, 0.5) is 20.4 Å². The highest BCUT2D eigenvalue weighted by molar-refractivity contribution is 9.10. The van der Waals surface area contributed by atoms with Gasteiger partial charge in [-0.25, -0.2) is 13.8 Å². The first-order chi connectivity index (χ1) is 8.61. The maximum absolute atomic E-state index is 13.5. The van der Waals surface area contributed by atoms with Crippen LogP contribution in [0.3, 0.4) is 0 Å². The second kappa shape index (κ2) is 5.62. The molecule has 2 aromatic heterocycles. The Hall–Kier alpha value is -1.21. The number of hydrogen-bond acceptors (Lipinski definition) is 4. The summed E-state index contributed by atoms with van der Waals surface area (Å²) < 4.78 is 27.7. The van der Waals surface area contributed by atoms with Gasteiger partial charge in [0.05, 0.1) is 6.54 Å². The second-order valence-electron chi connectivity index (χ2n) is 3.44. The molecule has 2 rings (SSSR count). The van der Waals surface area contributed by atoms with Crippen LogP contribution in [0.15, 0.2) is 22.0 Å². The highest BCUT2D eigenvalue weighted by Crippen LogP contribution is 2.24. The molecule has 0 atom stereocenters. The van der Waals surface area contributed by atoms with E-state index in [2.05, 4.69) is 31.5 Å². The van der Waals surface area contributed by atoms with E-state index in [9.17, 15) is 8.78 Å². The van der Waals surface area contributed by atoms with E-state index in [0.717, 1.165) is 15.4 Å². The lowest BCUT2D eigenvalue weighted by Gasteiger charge is -2.08. The molecule has 96 valence electrons. The van der Waals surface area contributed by atoms with Crippen molar-refractivity contribution >= 4 is 38.9 Å². The molecule has 2 heterocycles. The topological polar surface area (TPSA) is 37.0 Å². The van der Waals surface area contributed by atoms with Gasteiger partial charge in [-0.05, 0) is 27.4 Å². The molecule has 3 nitrogen and oxygen atoms in total. The smallest absolute Gasteiger partial charge is 0.168 e. The normalized spacial score (nSPS) is 10.4. The highest BCUT2D eigenvalue weighted by atomic mass is 79.9. The maximum atomic E-state index is 13.5. The molecule has 0 saturated heterocycles. The van der Waals surface area contributed by atoms with E-state index in [1.165, 1.54) is 18.4 Å². The Morgan fingerprint density at radius 1 is 1.33 bits per heavy atom. The fourth-order valence-electron chi connectivity index (χ4n) is 1.38. The Labute approximate surface area is 115 Å². The van der Waals surface area contributed by atoms with Crippen molar-refractivity contribution in [3.63, 3.8) is 0 Å². The molecule has 0 bridgehead atoms. The minimum Gasteiger partial charge on any atom is -0.371 e. The lowest BCUT2D eigenvalue weighted by Crippen LogP contribution is -2.06. The quantitative estimate of drug-likeness (QED) is 0.892. The van der Waals surface area contributed by atoms with Gasteiger partial charge in [0.25, 0.3) is 0 Å². The van der Waals surface area contributed by atoms with Crippen LogP contribution in [0, 0.1) is 11.6 Å². The van der Waals surface area contributed by atoms with E-state index >= 15 is 0 Å². The van der Waals surface area contributed by atoms with E-state index in [0.29, 0.717) is 6.54 Å². The second-order valence-corrected chi connectivity index (χ2v) is 5.30. The molecule has 0 aliphatic carbocycles. The van der Waals surface area contributed by atoms with Gasteiger partial charge in [-0.2, -0.15) is 0 Å². The molecular weight excluding hydrogens is 324 g/mol. The summed E-state index contributed by atoms with van der Waals surface area (Å²) in [5.74, 6) is -1.37. The van der Waals surface area contributed by atoms with Gasteiger partial charge in [0.1, 0.15) is 0 Å². The van der Waals surface area contributed by atoms with Gasteiger partial charge in [-0.1, -0.05) is 0 Å². The standard InChI is InChI=1S/C11H10BrF2N3S/c1-15-10-7(13)4-8(14)11(17-10)16-5-9-6(12)2-3-18-9/h2-4H,5H2,1H3,(H2,15,16,17). The van der Waals surface area contributed by atoms with Crippen LogP contribution in [0.1, 0.15) is 4.88 Å². The van der Waals surface area contributed by atoms with Gasteiger partial charge in [0, 0.05) is 22.5 Å². The van der Waals surface area contributed by atoms with Crippen LogP contribution in [-0.4, -0.2) is 12.0 Å². The van der Waals surface area contributed by atoms with Crippen molar-refractivity contribution in [2.24, 2.45) is 0 Å². The molecular formula is C11H10BrF2N3S. The van der Waals surface area contributed by atoms with E-state index in [1.807, 2.05) is 11.4 Å². The number of pyridine rings is 1. The molecule has 0 spiro atoms. The summed E-state index contributed by atoms with van der Waals surface area (Å²) in [6.45, 7) is 0.428. The Morgan fingerprint density at radius 2 is 2.06 bits per heavy atom. The summed E-state index contributed by atoms with van der Waals surface area (Å²) in [5.41, 5.74) is 0. The van der Waals surface area contributed by atoms with Crippen LogP contribution in [0.5, 0.6) is 0 Å². The number of hydrogen-bond donors (Lipinski definition) is 2. The first-order valence-corrected chi connectivity index (χ1v) is 6.78. The summed E-state index contributed by atoms with van der Waals surface area (Å²) in [7, 11) is 1.53. The molecule has 0 aliphatic heterocycles. The summed E-state index contributed by atoms with van der Waals surface area (Å²) in [6, 6.07) is 2.72. The molecule has 7 heteroatoms. The number of nitrogens with one attached hydrogen (secondary N) is 2. The molecule has 0 aromatic carbocycles. The van der Waals surface area contributed by atoms with E-state index in [-0.39, 0.29) is 11.6 Å². The molecule has 2 N–H and O–H groups in total. The van der Waals surface area contributed by atoms with Crippen LogP contribution in [0.25, 0.3) is 0 Å². The largest absolute Gasteiger partial charge is 0.371 e. The number of aromatic nitrogens is 1. The predicted molar refractivity (Wildman–Crippen MR) is 73.0 cm³/mol. The van der Waals surface area contributed by atoms with Gasteiger partial charge in [0.2, 0.25) is 0 Å². The zero-order chi connectivity index (χ0) is 13.1. The zero-order valence-corrected chi connectivity index (χ0v) is 11.8. The summed E-state index contributed by atoms with van der Waals surface area (Å²) >= 11 is 4.92. The van der Waals surface area contributed by atoms with Crippen molar-refractivity contribution in [1.29, 1.82) is 0 Å². The van der Waals surface area contributed by atoms with Crippen molar-refractivity contribution in [2.45, 2.75) is 6.54 Å². The molecule has 0 amide bonds. The van der Waals surface area contributed by atoms with Crippen molar-refractivity contribution in [3.05, 3.63) is 38.5 Å². The van der Waals surface area contributed by atoms with Crippen molar-refractivity contribution in [2.75, 3.05) is 17.7 Å². The lowest BCUT2D eigenvalue weighted by molar-refractivity contribution is 0.578. The fourth-order valence-corrected chi connectivity index (χ4v) is 2.81. The minimum absolute atomic E-state index is 0.0177. The van der Waals surface area contributed by atoms with Gasteiger partial charge in [-0.3, -0.25) is 0 Å². The van der Waals surface area contributed by atoms with Crippen LogP contribution < -0.4 is 10.6 Å². The zero-order valence-electron chi connectivity index (χ0n) is 9.43. The third-order valence-electron chi connectivity index (χ3n) is 2.27. The monoisotopic (exact) mass is 333 g/mol. The van der Waals surface area contributed by atoms with Gasteiger partial charge < -0.3 is 10.6 Å². The van der Waals surface area contributed by atoms with E-state index in [4.69, 9.17) is 0 Å². The third kappa shape index (κ3) is 2.78. The molecule has 0 radical (unpaired) electrons. The Bertz CT molecular complexity index is 559. The lowest BCUT2D eigenvalue weighted by atomic mass is 10.4. The first kappa shape index (κ1) is 13.2. The maximum Gasteiger partial charge on any atom is 0.168 e. The molecule has 0 saturated carbocycles. The van der Waals surface area contributed by atoms with Crippen LogP contribution in [-0.2, 0) is 6.54 Å². The van der Waals surface area contributed by atoms with Gasteiger partial charge in [-0.15, -0.1) is 11.3 Å². The van der Waals surface area contributed by atoms with Crippen molar-refractivity contribution < 1.29 is 8.78 Å². The summed E-state index contributed by atoms with van der Waals surface area (Å²) in [4.78, 5) is 4.86. The van der Waals surface area contributed by atoms with E-state index < -0.39 is 11.6 Å². The summed E-state index contributed by atoms with van der Waals surface area (Å²) in [5, 5.41) is 7.34. The van der Waals surface area contributed by atoms with E-state index in [1.54, 1.807) is 0 Å². The Kier molecular flexibility index (Phi) is 4.13. The molecule has 18 heavy (non-hydrogen) atoms. The SMILES string of the molecule is CNc1nc(NCc2sccc2Br)c(F)cc1F. The third-order valence-corrected chi connectivity index (χ3v) is 4.20. The van der Waals surface area contributed by atoms with Crippen LogP contribution >= 0.6 is 27.3 Å². The average molecular weight is 334 g/mol. The fraction of sp³-hybridized carbons (Fsp3) is 0.182. The number of anilines is 2. The van der Waals surface area contributed by atoms with Crippen LogP contribution in [0.2, 0.25) is 0 Å². The molecule has 0 fully saturated rings. The Balaban J connectivity index is 2.16. The number of halogens is 3. The minimum atomic E-state index is -0.710. The first-order valence-electron chi connectivity index (χ1n) is 5.11. The Morgan fingerprint density at radius 3 is 2.67 bits per heavy atom. The molecule has 0 unspecified atom stereocenters. The molecule has 2 aromatic rings. The van der Waals surface area contributed by atoms with Crippen molar-refractivity contribution in [1.82, 2.24) is 4.98 Å². The predicted octanol–water partition coefficient (Wildman–Crippen LogP) is 3.84. The summed E-state index contributed by atoms with van der Waals surface area (Å²) in [6.07, 6.45) is 0. The number of thiophene rings is 1.